The molecule has 1 heterocycles. The third-order valence-electron chi connectivity index (χ3n) is 5.50. The van der Waals surface area contributed by atoms with Gasteiger partial charge in [0, 0.05) is 18.7 Å². The molecular weight excluding hydrogens is 350 g/mol. The number of benzene rings is 2. The summed E-state index contributed by atoms with van der Waals surface area (Å²) in [5.74, 6) is -0.0958. The van der Waals surface area contributed by atoms with Crippen LogP contribution in [0.1, 0.15) is 48.8 Å². The lowest BCUT2D eigenvalue weighted by molar-refractivity contribution is -0.122. The molecule has 2 amide bonds. The zero-order valence-corrected chi connectivity index (χ0v) is 16.7. The normalized spacial score (nSPS) is 18.0. The highest BCUT2D eigenvalue weighted by atomic mass is 16.2. The number of nitrogens with one attached hydrogen (secondary N) is 1. The van der Waals surface area contributed by atoms with E-state index in [1.54, 1.807) is 0 Å². The van der Waals surface area contributed by atoms with Crippen LogP contribution in [0.2, 0.25) is 0 Å². The van der Waals surface area contributed by atoms with Crippen LogP contribution in [0.3, 0.4) is 0 Å². The van der Waals surface area contributed by atoms with Crippen molar-refractivity contribution in [3.05, 3.63) is 65.2 Å². The first-order chi connectivity index (χ1) is 13.4. The Morgan fingerprint density at radius 2 is 2.00 bits per heavy atom. The molecule has 0 bridgehead atoms. The molecule has 0 aliphatic carbocycles. The summed E-state index contributed by atoms with van der Waals surface area (Å²) >= 11 is 0. The van der Waals surface area contributed by atoms with Crippen LogP contribution >= 0.6 is 0 Å². The van der Waals surface area contributed by atoms with E-state index >= 15 is 0 Å². The molecule has 0 spiro atoms. The maximum absolute atomic E-state index is 12.5. The number of hydrogen-bond donors (Lipinski definition) is 2. The lowest BCUT2D eigenvalue weighted by Crippen LogP contribution is -2.39. The predicted molar refractivity (Wildman–Crippen MR) is 112 cm³/mol. The quantitative estimate of drug-likeness (QED) is 0.772. The Balaban J connectivity index is 1.60. The van der Waals surface area contributed by atoms with Crippen molar-refractivity contribution in [2.24, 2.45) is 5.73 Å². The summed E-state index contributed by atoms with van der Waals surface area (Å²) in [6.07, 6.45) is 2.24. The van der Waals surface area contributed by atoms with E-state index in [1.807, 2.05) is 36.4 Å². The number of hydrogen-bond acceptors (Lipinski definition) is 3. The van der Waals surface area contributed by atoms with Gasteiger partial charge in [-0.25, -0.2) is 0 Å². The van der Waals surface area contributed by atoms with Gasteiger partial charge < -0.3 is 11.1 Å². The third-order valence-corrected chi connectivity index (χ3v) is 5.50. The minimum Gasteiger partial charge on any atom is -0.368 e. The fraction of sp³-hybridized carbons (Fsp3) is 0.391. The second kappa shape index (κ2) is 9.02. The zero-order valence-electron chi connectivity index (χ0n) is 16.7. The van der Waals surface area contributed by atoms with Crippen LogP contribution in [0.5, 0.6) is 0 Å². The van der Waals surface area contributed by atoms with Gasteiger partial charge in [0.25, 0.3) is 0 Å². The Kier molecular flexibility index (Phi) is 6.47. The zero-order chi connectivity index (χ0) is 20.1. The van der Waals surface area contributed by atoms with Crippen molar-refractivity contribution in [1.82, 2.24) is 4.90 Å². The topological polar surface area (TPSA) is 75.4 Å². The smallest absolute Gasteiger partial charge is 0.234 e. The molecule has 2 aromatic carbocycles. The standard InChI is InChI=1S/C23H29N3O2/c1-16-7-3-4-10-20(16)17(2)13-22(27)25-19-9-5-8-18(14-19)15-26-12-6-11-21(26)23(24)28/h3-5,7-10,14,17,21H,6,11-13,15H2,1-2H3,(H2,24,28)(H,25,27). The molecule has 0 saturated carbocycles. The molecule has 28 heavy (non-hydrogen) atoms. The number of anilines is 1. The lowest BCUT2D eigenvalue weighted by atomic mass is 9.93. The molecule has 3 rings (SSSR count). The fourth-order valence-corrected chi connectivity index (χ4v) is 4.06. The predicted octanol–water partition coefficient (Wildman–Crippen LogP) is 3.58. The number of carbonyl (C=O) groups is 2. The van der Waals surface area contributed by atoms with E-state index in [2.05, 4.69) is 36.2 Å². The molecule has 0 radical (unpaired) electrons. The highest BCUT2D eigenvalue weighted by Crippen LogP contribution is 2.24. The van der Waals surface area contributed by atoms with Crippen LogP contribution in [-0.2, 0) is 16.1 Å². The van der Waals surface area contributed by atoms with Crippen LogP contribution in [-0.4, -0.2) is 29.3 Å². The molecule has 148 valence electrons. The summed E-state index contributed by atoms with van der Waals surface area (Å²) in [6.45, 7) is 5.69. The number of carbonyl (C=O) groups excluding carboxylic acids is 2. The van der Waals surface area contributed by atoms with Gasteiger partial charge in [0.15, 0.2) is 0 Å². The summed E-state index contributed by atoms with van der Waals surface area (Å²) in [5, 5.41) is 3.01. The second-order valence-corrected chi connectivity index (χ2v) is 7.74. The van der Waals surface area contributed by atoms with Crippen LogP contribution in [0.25, 0.3) is 0 Å². The Morgan fingerprint density at radius 1 is 1.21 bits per heavy atom. The summed E-state index contributed by atoms with van der Waals surface area (Å²) in [4.78, 5) is 26.2. The monoisotopic (exact) mass is 379 g/mol. The number of likely N-dealkylation sites (tertiary alicyclic amines) is 1. The number of amides is 2. The van der Waals surface area contributed by atoms with Crippen molar-refractivity contribution in [2.45, 2.75) is 51.6 Å². The van der Waals surface area contributed by atoms with E-state index in [0.717, 1.165) is 30.6 Å². The van der Waals surface area contributed by atoms with E-state index in [4.69, 9.17) is 5.73 Å². The largest absolute Gasteiger partial charge is 0.368 e. The molecule has 1 aliphatic rings. The van der Waals surface area contributed by atoms with Gasteiger partial charge >= 0.3 is 0 Å². The van der Waals surface area contributed by atoms with Gasteiger partial charge in [-0.2, -0.15) is 0 Å². The summed E-state index contributed by atoms with van der Waals surface area (Å²) in [6, 6.07) is 15.8. The first-order valence-electron chi connectivity index (χ1n) is 9.91. The molecule has 1 fully saturated rings. The minimum absolute atomic E-state index is 0.00379. The molecule has 2 unspecified atom stereocenters. The van der Waals surface area contributed by atoms with Crippen LogP contribution in [0, 0.1) is 6.92 Å². The first kappa shape index (κ1) is 20.1. The van der Waals surface area contributed by atoms with Gasteiger partial charge in [0.05, 0.1) is 6.04 Å². The maximum Gasteiger partial charge on any atom is 0.234 e. The molecule has 2 atom stereocenters. The van der Waals surface area contributed by atoms with E-state index in [9.17, 15) is 9.59 Å². The average molecular weight is 380 g/mol. The molecule has 3 N–H and O–H groups in total. The molecule has 2 aromatic rings. The number of nitrogens with two attached hydrogens (primary N) is 1. The summed E-state index contributed by atoms with van der Waals surface area (Å²) < 4.78 is 0. The molecule has 5 nitrogen and oxygen atoms in total. The van der Waals surface area contributed by atoms with Gasteiger partial charge in [-0.3, -0.25) is 14.5 Å². The first-order valence-corrected chi connectivity index (χ1v) is 9.91. The number of primary amides is 1. The summed E-state index contributed by atoms with van der Waals surface area (Å²) in [5.41, 5.74) is 9.77. The van der Waals surface area contributed by atoms with Crippen molar-refractivity contribution in [3.8, 4) is 0 Å². The van der Waals surface area contributed by atoms with Gasteiger partial charge in [-0.15, -0.1) is 0 Å². The Morgan fingerprint density at radius 3 is 2.75 bits per heavy atom. The van der Waals surface area contributed by atoms with Gasteiger partial charge in [0.2, 0.25) is 11.8 Å². The fourth-order valence-electron chi connectivity index (χ4n) is 4.06. The van der Waals surface area contributed by atoms with Gasteiger partial charge in [-0.05, 0) is 61.1 Å². The number of aryl methyl sites for hydroxylation is 1. The highest BCUT2D eigenvalue weighted by Gasteiger charge is 2.28. The lowest BCUT2D eigenvalue weighted by Gasteiger charge is -2.22. The Labute approximate surface area is 166 Å². The summed E-state index contributed by atoms with van der Waals surface area (Å²) in [7, 11) is 0. The van der Waals surface area contributed by atoms with Crippen LogP contribution < -0.4 is 11.1 Å². The minimum atomic E-state index is -0.257. The SMILES string of the molecule is Cc1ccccc1C(C)CC(=O)Nc1cccc(CN2CCCC2C(N)=O)c1. The van der Waals surface area contributed by atoms with Crippen LogP contribution in [0.4, 0.5) is 5.69 Å². The van der Waals surface area contributed by atoms with Crippen LogP contribution in [0.15, 0.2) is 48.5 Å². The number of nitrogens with zero attached hydrogens (tertiary/aromatic N) is 1. The van der Waals surface area contributed by atoms with Crippen molar-refractivity contribution in [3.63, 3.8) is 0 Å². The highest BCUT2D eigenvalue weighted by molar-refractivity contribution is 5.91. The van der Waals surface area contributed by atoms with Crippen molar-refractivity contribution >= 4 is 17.5 Å². The van der Waals surface area contributed by atoms with E-state index in [0.29, 0.717) is 13.0 Å². The van der Waals surface area contributed by atoms with E-state index in [-0.39, 0.29) is 23.8 Å². The van der Waals surface area contributed by atoms with Gasteiger partial charge in [0.1, 0.15) is 0 Å². The Bertz CT molecular complexity index is 849. The molecule has 5 heteroatoms. The maximum atomic E-state index is 12.5. The van der Waals surface area contributed by atoms with Crippen molar-refractivity contribution in [2.75, 3.05) is 11.9 Å². The molecular formula is C23H29N3O2. The molecule has 0 aromatic heterocycles. The van der Waals surface area contributed by atoms with Gasteiger partial charge in [-0.1, -0.05) is 43.3 Å². The van der Waals surface area contributed by atoms with Crippen molar-refractivity contribution < 1.29 is 9.59 Å². The van der Waals surface area contributed by atoms with Crippen molar-refractivity contribution in [1.29, 1.82) is 0 Å². The molecule has 1 saturated heterocycles. The third kappa shape index (κ3) is 4.98. The average Bonchev–Trinajstić information content (AvgIpc) is 3.10. The molecule has 1 aliphatic heterocycles. The van der Waals surface area contributed by atoms with E-state index in [1.165, 1.54) is 11.1 Å². The van der Waals surface area contributed by atoms with E-state index < -0.39 is 0 Å². The Hall–Kier alpha value is -2.66. The second-order valence-electron chi connectivity index (χ2n) is 7.74. The number of rotatable bonds is 7.